The minimum Gasteiger partial charge on any atom is -0.467 e. The summed E-state index contributed by atoms with van der Waals surface area (Å²) in [6.45, 7) is 4.02. The molecule has 0 fully saturated rings. The predicted molar refractivity (Wildman–Crippen MR) is 81.5 cm³/mol. The summed E-state index contributed by atoms with van der Waals surface area (Å²) in [6, 6.07) is 4.59. The first-order valence-electron chi connectivity index (χ1n) is 6.28. The first-order valence-corrected chi connectivity index (χ1v) is 7.08. The number of carbonyl (C=O) groups is 2. The first-order chi connectivity index (χ1) is 9.35. The number of rotatable bonds is 6. The molecule has 0 heterocycles. The molecule has 110 valence electrons. The Morgan fingerprint density at radius 3 is 2.55 bits per heavy atom. The second-order valence-corrected chi connectivity index (χ2v) is 5.82. The average molecular weight is 343 g/mol. The smallest absolute Gasteiger partial charge is 0.328 e. The van der Waals surface area contributed by atoms with Gasteiger partial charge in [0.05, 0.1) is 12.7 Å². The zero-order valence-corrected chi connectivity index (χ0v) is 13.4. The maximum Gasteiger partial charge on any atom is 0.328 e. The van der Waals surface area contributed by atoms with Crippen molar-refractivity contribution in [2.24, 2.45) is 11.7 Å². The van der Waals surface area contributed by atoms with E-state index in [0.717, 1.165) is 4.47 Å². The zero-order valence-electron chi connectivity index (χ0n) is 11.8. The van der Waals surface area contributed by atoms with Crippen LogP contribution in [0.3, 0.4) is 0 Å². The second kappa shape index (κ2) is 7.28. The molecule has 0 aliphatic carbocycles. The van der Waals surface area contributed by atoms with Crippen molar-refractivity contribution in [3.8, 4) is 0 Å². The number of hydrogen-bond acceptors (Lipinski definition) is 4. The van der Waals surface area contributed by atoms with Crippen molar-refractivity contribution >= 4 is 33.5 Å². The molecule has 0 aliphatic heterocycles. The van der Waals surface area contributed by atoms with Gasteiger partial charge in [-0.2, -0.15) is 0 Å². The molecule has 0 spiro atoms. The number of esters is 1. The van der Waals surface area contributed by atoms with Crippen molar-refractivity contribution in [1.29, 1.82) is 0 Å². The van der Waals surface area contributed by atoms with Gasteiger partial charge in [-0.1, -0.05) is 29.8 Å². The van der Waals surface area contributed by atoms with Crippen molar-refractivity contribution in [3.05, 3.63) is 28.2 Å². The Balaban J connectivity index is 3.04. The fraction of sp³-hybridized carbons (Fsp3) is 0.429. The summed E-state index contributed by atoms with van der Waals surface area (Å²) in [6.07, 6.45) is 0.598. The highest BCUT2D eigenvalue weighted by Gasteiger charge is 2.22. The molecule has 1 aromatic carbocycles. The molecular formula is C14H19BrN2O3. The van der Waals surface area contributed by atoms with E-state index in [4.69, 9.17) is 10.5 Å². The Morgan fingerprint density at radius 1 is 1.40 bits per heavy atom. The molecule has 5 nitrogen and oxygen atoms in total. The van der Waals surface area contributed by atoms with Crippen molar-refractivity contribution < 1.29 is 14.3 Å². The lowest BCUT2D eigenvalue weighted by Gasteiger charge is -2.20. The largest absolute Gasteiger partial charge is 0.467 e. The minimum absolute atomic E-state index is 0.305. The molecule has 1 rings (SSSR count). The lowest BCUT2D eigenvalue weighted by molar-refractivity contribution is -0.141. The van der Waals surface area contributed by atoms with Gasteiger partial charge in [0.25, 0.3) is 5.91 Å². The van der Waals surface area contributed by atoms with Gasteiger partial charge in [-0.3, -0.25) is 4.79 Å². The molecule has 0 aliphatic rings. The molecule has 1 amide bonds. The number of carbonyl (C=O) groups excluding carboxylic acids is 2. The van der Waals surface area contributed by atoms with Gasteiger partial charge in [-0.25, -0.2) is 4.79 Å². The highest BCUT2D eigenvalue weighted by atomic mass is 79.9. The molecule has 1 atom stereocenters. The van der Waals surface area contributed by atoms with Crippen LogP contribution < -0.4 is 11.1 Å². The van der Waals surface area contributed by atoms with Crippen LogP contribution in [0.1, 0.15) is 30.6 Å². The van der Waals surface area contributed by atoms with Crippen LogP contribution in [0.15, 0.2) is 22.7 Å². The number of anilines is 1. The van der Waals surface area contributed by atoms with Gasteiger partial charge < -0.3 is 15.8 Å². The number of halogens is 1. The quantitative estimate of drug-likeness (QED) is 0.778. The molecule has 3 N–H and O–H groups in total. The Kier molecular flexibility index (Phi) is 6.01. The first kappa shape index (κ1) is 16.5. The molecule has 1 aromatic rings. The molecule has 20 heavy (non-hydrogen) atoms. The SMILES string of the molecule is COC(=O)C(CC(C)C)Nc1ccc(Br)cc1C(N)=O. The van der Waals surface area contributed by atoms with Crippen molar-refractivity contribution in [2.45, 2.75) is 26.3 Å². The third kappa shape index (κ3) is 4.52. The number of ether oxygens (including phenoxy) is 1. The summed E-state index contributed by atoms with van der Waals surface area (Å²) in [5.74, 6) is -0.613. The Labute approximate surface area is 127 Å². The molecule has 6 heteroatoms. The Morgan fingerprint density at radius 2 is 2.05 bits per heavy atom. The molecule has 1 unspecified atom stereocenters. The van der Waals surface area contributed by atoms with E-state index in [0.29, 0.717) is 23.6 Å². The molecule has 0 bridgehead atoms. The Bertz CT molecular complexity index is 503. The third-order valence-corrected chi connectivity index (χ3v) is 3.26. The van der Waals surface area contributed by atoms with E-state index < -0.39 is 11.9 Å². The highest BCUT2D eigenvalue weighted by Crippen LogP contribution is 2.23. The average Bonchev–Trinajstić information content (AvgIpc) is 2.38. The van der Waals surface area contributed by atoms with Crippen LogP contribution in [-0.4, -0.2) is 25.0 Å². The third-order valence-electron chi connectivity index (χ3n) is 2.77. The van der Waals surface area contributed by atoms with Crippen molar-refractivity contribution in [3.63, 3.8) is 0 Å². The van der Waals surface area contributed by atoms with Crippen molar-refractivity contribution in [2.75, 3.05) is 12.4 Å². The standard InChI is InChI=1S/C14H19BrN2O3/c1-8(2)6-12(14(19)20-3)17-11-5-4-9(15)7-10(11)13(16)18/h4-5,7-8,12,17H,6H2,1-3H3,(H2,16,18). The van der Waals surface area contributed by atoms with Crippen LogP contribution in [-0.2, 0) is 9.53 Å². The van der Waals surface area contributed by atoms with Crippen LogP contribution >= 0.6 is 15.9 Å². The number of nitrogens with two attached hydrogens (primary N) is 1. The number of primary amides is 1. The molecular weight excluding hydrogens is 324 g/mol. The number of methoxy groups -OCH3 is 1. The number of amides is 1. The lowest BCUT2D eigenvalue weighted by atomic mass is 10.0. The van der Waals surface area contributed by atoms with Crippen LogP contribution in [0.2, 0.25) is 0 Å². The predicted octanol–water partition coefficient (Wildman–Crippen LogP) is 2.55. The normalized spacial score (nSPS) is 12.1. The number of hydrogen-bond donors (Lipinski definition) is 2. The fourth-order valence-corrected chi connectivity index (χ4v) is 2.22. The fourth-order valence-electron chi connectivity index (χ4n) is 1.86. The zero-order chi connectivity index (χ0) is 15.3. The van der Waals surface area contributed by atoms with Crippen molar-refractivity contribution in [1.82, 2.24) is 0 Å². The molecule has 0 saturated heterocycles. The lowest BCUT2D eigenvalue weighted by Crippen LogP contribution is -2.33. The van der Waals surface area contributed by atoms with Gasteiger partial charge in [0.2, 0.25) is 0 Å². The highest BCUT2D eigenvalue weighted by molar-refractivity contribution is 9.10. The van der Waals surface area contributed by atoms with Gasteiger partial charge in [0.15, 0.2) is 0 Å². The summed E-state index contributed by atoms with van der Waals surface area (Å²) < 4.78 is 5.53. The van der Waals surface area contributed by atoms with Gasteiger partial charge >= 0.3 is 5.97 Å². The maximum absolute atomic E-state index is 11.8. The molecule has 0 aromatic heterocycles. The van der Waals surface area contributed by atoms with E-state index in [1.807, 2.05) is 13.8 Å². The summed E-state index contributed by atoms with van der Waals surface area (Å²) in [7, 11) is 1.34. The van der Waals surface area contributed by atoms with Gasteiger partial charge in [-0.15, -0.1) is 0 Å². The van der Waals surface area contributed by atoms with E-state index >= 15 is 0 Å². The number of benzene rings is 1. The van der Waals surface area contributed by atoms with E-state index in [9.17, 15) is 9.59 Å². The number of nitrogens with one attached hydrogen (secondary N) is 1. The monoisotopic (exact) mass is 342 g/mol. The van der Waals surface area contributed by atoms with Crippen LogP contribution in [0, 0.1) is 5.92 Å². The minimum atomic E-state index is -0.554. The maximum atomic E-state index is 11.8. The van der Waals surface area contributed by atoms with Crippen LogP contribution in [0.25, 0.3) is 0 Å². The summed E-state index contributed by atoms with van der Waals surface area (Å²) in [5.41, 5.74) is 6.21. The van der Waals surface area contributed by atoms with Gasteiger partial charge in [0.1, 0.15) is 6.04 Å². The van der Waals surface area contributed by atoms with E-state index in [1.165, 1.54) is 7.11 Å². The summed E-state index contributed by atoms with van der Waals surface area (Å²) in [5, 5.41) is 3.04. The summed E-state index contributed by atoms with van der Waals surface area (Å²) >= 11 is 3.29. The van der Waals surface area contributed by atoms with Gasteiger partial charge in [-0.05, 0) is 30.5 Å². The van der Waals surface area contributed by atoms with E-state index in [1.54, 1.807) is 18.2 Å². The molecule has 0 saturated carbocycles. The summed E-state index contributed by atoms with van der Waals surface area (Å²) in [4.78, 5) is 23.3. The van der Waals surface area contributed by atoms with E-state index in [-0.39, 0.29) is 5.97 Å². The molecule has 0 radical (unpaired) electrons. The van der Waals surface area contributed by atoms with Gasteiger partial charge in [0, 0.05) is 10.2 Å². The van der Waals surface area contributed by atoms with Crippen LogP contribution in [0.4, 0.5) is 5.69 Å². The van der Waals surface area contributed by atoms with E-state index in [2.05, 4.69) is 21.2 Å². The topological polar surface area (TPSA) is 81.4 Å². The second-order valence-electron chi connectivity index (χ2n) is 4.90. The Hall–Kier alpha value is -1.56. The van der Waals surface area contributed by atoms with Crippen LogP contribution in [0.5, 0.6) is 0 Å².